The molecule has 0 bridgehead atoms. The average molecular weight is 490 g/mol. The molecule has 1 saturated heterocycles. The van der Waals surface area contributed by atoms with E-state index in [2.05, 4.69) is 25.6 Å². The Labute approximate surface area is 208 Å². The SMILES string of the molecule is C1CCOC1.CN(C)Cc1cncc(Nc2ccc(-c3cnc4cc(F)ccn34)c3c2C(=O)NC3)n1. The van der Waals surface area contributed by atoms with Crippen LogP contribution in [-0.2, 0) is 17.8 Å². The Morgan fingerprint density at radius 3 is 2.75 bits per heavy atom. The zero-order chi connectivity index (χ0) is 25.1. The second kappa shape index (κ2) is 10.4. The largest absolute Gasteiger partial charge is 0.381 e. The minimum atomic E-state index is -0.344. The molecule has 1 amide bonds. The second-order valence-corrected chi connectivity index (χ2v) is 8.99. The number of anilines is 2. The Balaban J connectivity index is 0.000000477. The zero-order valence-electron chi connectivity index (χ0n) is 20.3. The van der Waals surface area contributed by atoms with Crippen molar-refractivity contribution in [3.63, 3.8) is 0 Å². The number of pyridine rings is 1. The molecule has 6 rings (SSSR count). The third-order valence-electron chi connectivity index (χ3n) is 5.97. The van der Waals surface area contributed by atoms with E-state index in [1.807, 2.05) is 35.5 Å². The molecule has 3 aromatic heterocycles. The Hall–Kier alpha value is -3.89. The molecule has 0 aliphatic carbocycles. The number of nitrogens with zero attached hydrogens (tertiary/aromatic N) is 5. The van der Waals surface area contributed by atoms with Gasteiger partial charge in [-0.3, -0.25) is 14.2 Å². The molecule has 5 heterocycles. The van der Waals surface area contributed by atoms with Crippen molar-refractivity contribution in [2.75, 3.05) is 32.6 Å². The fourth-order valence-corrected chi connectivity index (χ4v) is 4.36. The summed E-state index contributed by atoms with van der Waals surface area (Å²) in [5.74, 6) is 0.0692. The lowest BCUT2D eigenvalue weighted by Gasteiger charge is -2.14. The molecule has 2 aliphatic heterocycles. The smallest absolute Gasteiger partial charge is 0.254 e. The van der Waals surface area contributed by atoms with Crippen molar-refractivity contribution in [3.05, 3.63) is 71.7 Å². The molecule has 0 saturated carbocycles. The van der Waals surface area contributed by atoms with E-state index in [1.54, 1.807) is 24.8 Å². The maximum Gasteiger partial charge on any atom is 0.254 e. The summed E-state index contributed by atoms with van der Waals surface area (Å²) in [7, 11) is 3.93. The zero-order valence-corrected chi connectivity index (χ0v) is 20.3. The standard InChI is InChI=1S/C22H20FN7O.C4H8O/c1-29(2)12-14-8-24-11-19(27-14)28-17-4-3-15(16-9-26-22(31)21(16)17)18-10-25-20-7-13(23)5-6-30(18)20;1-2-4-5-3-1/h3-8,10-11H,9,12H2,1-2H3,(H,26,31)(H,27,28);1-4H2. The summed E-state index contributed by atoms with van der Waals surface area (Å²) in [5, 5.41) is 6.14. The molecule has 2 aliphatic rings. The molecular weight excluding hydrogens is 461 g/mol. The van der Waals surface area contributed by atoms with E-state index in [9.17, 15) is 9.18 Å². The third-order valence-corrected chi connectivity index (χ3v) is 5.97. The van der Waals surface area contributed by atoms with Crippen molar-refractivity contribution >= 4 is 23.1 Å². The average Bonchev–Trinajstić information content (AvgIpc) is 3.62. The van der Waals surface area contributed by atoms with Crippen LogP contribution in [0.25, 0.3) is 16.9 Å². The number of ether oxygens (including phenoxy) is 1. The van der Waals surface area contributed by atoms with Gasteiger partial charge in [0, 0.05) is 50.3 Å². The van der Waals surface area contributed by atoms with Gasteiger partial charge >= 0.3 is 0 Å². The summed E-state index contributed by atoms with van der Waals surface area (Å²) in [6.07, 6.45) is 9.24. The van der Waals surface area contributed by atoms with Crippen molar-refractivity contribution in [2.45, 2.75) is 25.9 Å². The molecule has 0 radical (unpaired) electrons. The second-order valence-electron chi connectivity index (χ2n) is 8.99. The van der Waals surface area contributed by atoms with E-state index in [-0.39, 0.29) is 11.7 Å². The number of carbonyl (C=O) groups excluding carboxylic acids is 1. The van der Waals surface area contributed by atoms with Gasteiger partial charge in [0.1, 0.15) is 17.3 Å². The van der Waals surface area contributed by atoms with E-state index < -0.39 is 0 Å². The monoisotopic (exact) mass is 489 g/mol. The minimum absolute atomic E-state index is 0.156. The highest BCUT2D eigenvalue weighted by Gasteiger charge is 2.27. The molecular formula is C26H28FN7O2. The lowest BCUT2D eigenvalue weighted by atomic mass is 9.99. The van der Waals surface area contributed by atoms with Crippen LogP contribution in [0.3, 0.4) is 0 Å². The highest BCUT2D eigenvalue weighted by atomic mass is 19.1. The van der Waals surface area contributed by atoms with Crippen LogP contribution in [0.2, 0.25) is 0 Å². The summed E-state index contributed by atoms with van der Waals surface area (Å²) >= 11 is 0. The van der Waals surface area contributed by atoms with Crippen molar-refractivity contribution < 1.29 is 13.9 Å². The number of imidazole rings is 1. The molecule has 2 N–H and O–H groups in total. The van der Waals surface area contributed by atoms with Crippen LogP contribution in [0, 0.1) is 5.82 Å². The van der Waals surface area contributed by atoms with Crippen LogP contribution in [0.4, 0.5) is 15.9 Å². The fourth-order valence-electron chi connectivity index (χ4n) is 4.36. The number of fused-ring (bicyclic) bond motifs is 2. The van der Waals surface area contributed by atoms with E-state index in [1.165, 1.54) is 25.0 Å². The summed E-state index contributed by atoms with van der Waals surface area (Å²) in [4.78, 5) is 27.8. The Morgan fingerprint density at radius 1 is 1.17 bits per heavy atom. The van der Waals surface area contributed by atoms with Gasteiger partial charge in [-0.2, -0.15) is 0 Å². The van der Waals surface area contributed by atoms with Gasteiger partial charge in [0.25, 0.3) is 5.91 Å². The third kappa shape index (κ3) is 5.05. The van der Waals surface area contributed by atoms with Crippen LogP contribution in [0.1, 0.15) is 34.5 Å². The van der Waals surface area contributed by atoms with E-state index >= 15 is 0 Å². The topological polar surface area (TPSA) is 96.7 Å². The number of benzene rings is 1. The predicted octanol–water partition coefficient (Wildman–Crippen LogP) is 3.78. The number of amides is 1. The van der Waals surface area contributed by atoms with Gasteiger partial charge in [0.05, 0.1) is 35.0 Å². The number of aromatic nitrogens is 4. The molecule has 36 heavy (non-hydrogen) atoms. The quantitative estimate of drug-likeness (QED) is 0.440. The number of rotatable bonds is 5. The van der Waals surface area contributed by atoms with Gasteiger partial charge in [-0.1, -0.05) is 6.07 Å². The molecule has 1 aromatic carbocycles. The molecule has 1 fully saturated rings. The number of carbonyl (C=O) groups is 1. The summed E-state index contributed by atoms with van der Waals surface area (Å²) in [6.45, 7) is 3.06. The molecule has 9 nitrogen and oxygen atoms in total. The maximum absolute atomic E-state index is 13.5. The van der Waals surface area contributed by atoms with Crippen molar-refractivity contribution in [1.82, 2.24) is 29.6 Å². The first-order valence-corrected chi connectivity index (χ1v) is 11.9. The normalized spacial score (nSPS) is 14.5. The first-order valence-electron chi connectivity index (χ1n) is 11.9. The maximum atomic E-state index is 13.5. The van der Waals surface area contributed by atoms with Gasteiger partial charge in [0.15, 0.2) is 0 Å². The minimum Gasteiger partial charge on any atom is -0.381 e. The lowest BCUT2D eigenvalue weighted by molar-refractivity contribution is 0.0966. The van der Waals surface area contributed by atoms with E-state index in [4.69, 9.17) is 4.74 Å². The van der Waals surface area contributed by atoms with Crippen LogP contribution in [-0.4, -0.2) is 57.5 Å². The van der Waals surface area contributed by atoms with Crippen LogP contribution in [0.15, 0.2) is 49.1 Å². The van der Waals surface area contributed by atoms with Gasteiger partial charge in [0.2, 0.25) is 0 Å². The van der Waals surface area contributed by atoms with Crippen LogP contribution >= 0.6 is 0 Å². The predicted molar refractivity (Wildman–Crippen MR) is 135 cm³/mol. The number of halogens is 1. The molecule has 0 unspecified atom stereocenters. The number of hydrogen-bond acceptors (Lipinski definition) is 7. The molecule has 0 spiro atoms. The van der Waals surface area contributed by atoms with Crippen molar-refractivity contribution in [2.24, 2.45) is 0 Å². The van der Waals surface area contributed by atoms with Gasteiger partial charge in [-0.05, 0) is 44.6 Å². The summed E-state index contributed by atoms with van der Waals surface area (Å²) in [5.41, 5.74) is 5.08. The van der Waals surface area contributed by atoms with Crippen molar-refractivity contribution in [1.29, 1.82) is 0 Å². The molecule has 186 valence electrons. The van der Waals surface area contributed by atoms with Crippen LogP contribution < -0.4 is 10.6 Å². The highest BCUT2D eigenvalue weighted by Crippen LogP contribution is 2.35. The van der Waals surface area contributed by atoms with Gasteiger partial charge in [-0.15, -0.1) is 0 Å². The molecule has 10 heteroatoms. The number of hydrogen-bond donors (Lipinski definition) is 2. The highest BCUT2D eigenvalue weighted by molar-refractivity contribution is 6.06. The van der Waals surface area contributed by atoms with Gasteiger partial charge < -0.3 is 20.3 Å². The summed E-state index contributed by atoms with van der Waals surface area (Å²) in [6, 6.07) is 6.55. The summed E-state index contributed by atoms with van der Waals surface area (Å²) < 4.78 is 20.3. The fraction of sp³-hybridized carbons (Fsp3) is 0.308. The Morgan fingerprint density at radius 2 is 2.00 bits per heavy atom. The van der Waals surface area contributed by atoms with E-state index in [0.29, 0.717) is 35.8 Å². The van der Waals surface area contributed by atoms with Gasteiger partial charge in [-0.25, -0.2) is 14.4 Å². The molecule has 4 aromatic rings. The molecule has 0 atom stereocenters. The number of nitrogens with one attached hydrogen (secondary N) is 2. The van der Waals surface area contributed by atoms with E-state index in [0.717, 1.165) is 35.7 Å². The first kappa shape index (κ1) is 23.8. The van der Waals surface area contributed by atoms with Crippen LogP contribution in [0.5, 0.6) is 0 Å². The lowest BCUT2D eigenvalue weighted by Crippen LogP contribution is -2.14. The Kier molecular flexibility index (Phi) is 6.88. The Bertz CT molecular complexity index is 1390. The van der Waals surface area contributed by atoms with Crippen molar-refractivity contribution in [3.8, 4) is 11.3 Å². The first-order chi connectivity index (χ1) is 17.5.